The Morgan fingerprint density at radius 1 is 1.19 bits per heavy atom. The van der Waals surface area contributed by atoms with Crippen molar-refractivity contribution in [1.29, 1.82) is 0 Å². The van der Waals surface area contributed by atoms with Crippen LogP contribution in [0, 0.1) is 13.8 Å². The molecule has 3 aromatic rings. The van der Waals surface area contributed by atoms with Gasteiger partial charge in [0, 0.05) is 12.4 Å². The van der Waals surface area contributed by atoms with Crippen molar-refractivity contribution < 1.29 is 17.6 Å². The fourth-order valence-corrected chi connectivity index (χ4v) is 3.51. The number of aromatic nitrogens is 3. The van der Waals surface area contributed by atoms with Crippen molar-refractivity contribution in [3.63, 3.8) is 0 Å². The van der Waals surface area contributed by atoms with E-state index < -0.39 is 10.0 Å². The predicted octanol–water partition coefficient (Wildman–Crippen LogP) is 2.24. The van der Waals surface area contributed by atoms with E-state index in [9.17, 15) is 8.42 Å². The molecule has 0 aliphatic heterocycles. The molecule has 0 spiro atoms. The monoisotopic (exact) mass is 374 g/mol. The van der Waals surface area contributed by atoms with Crippen LogP contribution in [-0.2, 0) is 16.6 Å². The number of rotatable bonds is 6. The normalized spacial score (nSPS) is 11.5. The maximum atomic E-state index is 12.6. The summed E-state index contributed by atoms with van der Waals surface area (Å²) in [5.41, 5.74) is 2.45. The third kappa shape index (κ3) is 3.73. The number of benzene rings is 1. The maximum Gasteiger partial charge on any atom is 0.249 e. The van der Waals surface area contributed by atoms with E-state index in [1.165, 1.54) is 7.11 Å². The first kappa shape index (κ1) is 18.0. The average molecular weight is 374 g/mol. The number of pyridine rings is 1. The highest BCUT2D eigenvalue weighted by molar-refractivity contribution is 7.89. The third-order valence-electron chi connectivity index (χ3n) is 3.86. The van der Waals surface area contributed by atoms with Crippen LogP contribution < -0.4 is 9.46 Å². The van der Waals surface area contributed by atoms with Crippen molar-refractivity contribution in [2.45, 2.75) is 25.3 Å². The van der Waals surface area contributed by atoms with E-state index in [0.717, 1.165) is 11.1 Å². The Bertz CT molecular complexity index is 1020. The Balaban J connectivity index is 1.79. The Kier molecular flexibility index (Phi) is 5.01. The maximum absolute atomic E-state index is 12.6. The van der Waals surface area contributed by atoms with E-state index in [1.807, 2.05) is 13.8 Å². The highest BCUT2D eigenvalue weighted by atomic mass is 32.2. The quantitative estimate of drug-likeness (QED) is 0.705. The molecule has 0 amide bonds. The zero-order chi connectivity index (χ0) is 18.7. The van der Waals surface area contributed by atoms with Crippen molar-refractivity contribution >= 4 is 10.0 Å². The average Bonchev–Trinajstić information content (AvgIpc) is 3.12. The molecule has 2 aromatic heterocycles. The molecule has 0 saturated heterocycles. The minimum atomic E-state index is -3.81. The van der Waals surface area contributed by atoms with Crippen LogP contribution >= 0.6 is 0 Å². The number of ether oxygens (including phenoxy) is 1. The van der Waals surface area contributed by atoms with Crippen LogP contribution in [-0.4, -0.2) is 30.7 Å². The van der Waals surface area contributed by atoms with Gasteiger partial charge in [0.15, 0.2) is 0 Å². The van der Waals surface area contributed by atoms with E-state index >= 15 is 0 Å². The van der Waals surface area contributed by atoms with E-state index in [-0.39, 0.29) is 29.0 Å². The predicted molar refractivity (Wildman–Crippen MR) is 94.0 cm³/mol. The van der Waals surface area contributed by atoms with Crippen LogP contribution in [0.5, 0.6) is 5.75 Å². The van der Waals surface area contributed by atoms with Crippen LogP contribution in [0.15, 0.2) is 46.0 Å². The molecule has 0 radical (unpaired) electrons. The Morgan fingerprint density at radius 2 is 1.96 bits per heavy atom. The zero-order valence-corrected chi connectivity index (χ0v) is 15.4. The molecule has 0 saturated carbocycles. The van der Waals surface area contributed by atoms with E-state index in [1.54, 1.807) is 36.7 Å². The first-order valence-electron chi connectivity index (χ1n) is 7.78. The van der Waals surface area contributed by atoms with Crippen LogP contribution in [0.4, 0.5) is 0 Å². The van der Waals surface area contributed by atoms with Crippen molar-refractivity contribution in [1.82, 2.24) is 19.9 Å². The van der Waals surface area contributed by atoms with Gasteiger partial charge in [-0.1, -0.05) is 0 Å². The number of nitrogens with zero attached hydrogens (tertiary/aromatic N) is 3. The minimum absolute atomic E-state index is 0.0649. The van der Waals surface area contributed by atoms with Crippen molar-refractivity contribution in [2.24, 2.45) is 0 Å². The van der Waals surface area contributed by atoms with Gasteiger partial charge in [0.1, 0.15) is 10.6 Å². The lowest BCUT2D eigenvalue weighted by Gasteiger charge is -2.12. The molecule has 1 N–H and O–H groups in total. The molecule has 0 aliphatic carbocycles. The van der Waals surface area contributed by atoms with Gasteiger partial charge >= 0.3 is 0 Å². The first-order chi connectivity index (χ1) is 12.4. The molecule has 0 fully saturated rings. The summed E-state index contributed by atoms with van der Waals surface area (Å²) < 4.78 is 38.4. The van der Waals surface area contributed by atoms with Crippen molar-refractivity contribution in [2.75, 3.05) is 7.11 Å². The van der Waals surface area contributed by atoms with Gasteiger partial charge in [-0.25, -0.2) is 13.1 Å². The second-order valence-corrected chi connectivity index (χ2v) is 7.39. The van der Waals surface area contributed by atoms with Gasteiger partial charge in [-0.3, -0.25) is 4.98 Å². The number of nitrogens with one attached hydrogen (secondary N) is 1. The lowest BCUT2D eigenvalue weighted by atomic mass is 10.1. The van der Waals surface area contributed by atoms with Gasteiger partial charge in [0.2, 0.25) is 21.8 Å². The van der Waals surface area contributed by atoms with Gasteiger partial charge in [-0.15, -0.1) is 10.2 Å². The largest absolute Gasteiger partial charge is 0.495 e. The number of aryl methyl sites for hydroxylation is 2. The first-order valence-corrected chi connectivity index (χ1v) is 9.26. The highest BCUT2D eigenvalue weighted by Gasteiger charge is 2.21. The molecule has 0 atom stereocenters. The fraction of sp³-hybridized carbons (Fsp3) is 0.235. The summed E-state index contributed by atoms with van der Waals surface area (Å²) in [4.78, 5) is 4.04. The van der Waals surface area contributed by atoms with E-state index in [2.05, 4.69) is 19.9 Å². The van der Waals surface area contributed by atoms with Crippen molar-refractivity contribution in [3.05, 3.63) is 53.7 Å². The second kappa shape index (κ2) is 7.22. The van der Waals surface area contributed by atoms with Gasteiger partial charge in [0.05, 0.1) is 19.2 Å². The summed E-state index contributed by atoms with van der Waals surface area (Å²) in [6.45, 7) is 3.59. The van der Waals surface area contributed by atoms with Crippen LogP contribution in [0.2, 0.25) is 0 Å². The summed E-state index contributed by atoms with van der Waals surface area (Å²) in [7, 11) is -2.38. The van der Waals surface area contributed by atoms with Gasteiger partial charge in [-0.2, -0.15) is 0 Å². The molecule has 9 heteroatoms. The molecule has 0 unspecified atom stereocenters. The van der Waals surface area contributed by atoms with Gasteiger partial charge < -0.3 is 9.15 Å². The molecule has 8 nitrogen and oxygen atoms in total. The van der Waals surface area contributed by atoms with Gasteiger partial charge in [-0.05, 0) is 49.2 Å². The fourth-order valence-electron chi connectivity index (χ4n) is 2.30. The minimum Gasteiger partial charge on any atom is -0.495 e. The second-order valence-electron chi connectivity index (χ2n) is 5.65. The lowest BCUT2D eigenvalue weighted by Crippen LogP contribution is -2.24. The SMILES string of the molecule is COc1cc(C)c(C)cc1S(=O)(=O)NCc1nnc(-c2cccnc2)o1. The number of sulfonamides is 1. The van der Waals surface area contributed by atoms with E-state index in [4.69, 9.17) is 9.15 Å². The summed E-state index contributed by atoms with van der Waals surface area (Å²) in [5, 5.41) is 7.76. The standard InChI is InChI=1S/C17H18N4O4S/c1-11-7-14(24-3)15(8-12(11)2)26(22,23)19-10-16-20-21-17(25-16)13-5-4-6-18-9-13/h4-9,19H,10H2,1-3H3. The zero-order valence-electron chi connectivity index (χ0n) is 14.6. The molecule has 3 rings (SSSR count). The summed E-state index contributed by atoms with van der Waals surface area (Å²) in [6.07, 6.45) is 3.22. The molecule has 2 heterocycles. The summed E-state index contributed by atoms with van der Waals surface area (Å²) >= 11 is 0. The molecule has 1 aromatic carbocycles. The van der Waals surface area contributed by atoms with E-state index in [0.29, 0.717) is 5.56 Å². The summed E-state index contributed by atoms with van der Waals surface area (Å²) in [6, 6.07) is 6.78. The van der Waals surface area contributed by atoms with Crippen LogP contribution in [0.3, 0.4) is 0 Å². The number of methoxy groups -OCH3 is 1. The molecule has 136 valence electrons. The Labute approximate surface area is 151 Å². The number of hydrogen-bond acceptors (Lipinski definition) is 7. The number of hydrogen-bond donors (Lipinski definition) is 1. The topological polar surface area (TPSA) is 107 Å². The van der Waals surface area contributed by atoms with Crippen LogP contribution in [0.25, 0.3) is 11.5 Å². The Hall–Kier alpha value is -2.78. The molecular formula is C17H18N4O4S. The molecule has 26 heavy (non-hydrogen) atoms. The smallest absolute Gasteiger partial charge is 0.249 e. The Morgan fingerprint density at radius 3 is 2.65 bits per heavy atom. The van der Waals surface area contributed by atoms with Crippen LogP contribution in [0.1, 0.15) is 17.0 Å². The third-order valence-corrected chi connectivity index (χ3v) is 5.28. The molecular weight excluding hydrogens is 356 g/mol. The summed E-state index contributed by atoms with van der Waals surface area (Å²) in [5.74, 6) is 0.702. The highest BCUT2D eigenvalue weighted by Crippen LogP contribution is 2.27. The van der Waals surface area contributed by atoms with Gasteiger partial charge in [0.25, 0.3) is 0 Å². The lowest BCUT2D eigenvalue weighted by molar-refractivity contribution is 0.401. The molecule has 0 aliphatic rings. The van der Waals surface area contributed by atoms with Crippen molar-refractivity contribution in [3.8, 4) is 17.2 Å². The molecule has 0 bridgehead atoms.